The van der Waals surface area contributed by atoms with Crippen LogP contribution in [0.2, 0.25) is 5.02 Å². The lowest BCUT2D eigenvalue weighted by Crippen LogP contribution is -1.99. The van der Waals surface area contributed by atoms with E-state index in [0.717, 1.165) is 24.8 Å². The van der Waals surface area contributed by atoms with Gasteiger partial charge in [-0.25, -0.2) is 9.18 Å². The van der Waals surface area contributed by atoms with E-state index in [0.29, 0.717) is 10.6 Å². The molecule has 0 unspecified atom stereocenters. The van der Waals surface area contributed by atoms with Gasteiger partial charge < -0.3 is 10.1 Å². The molecule has 3 nitrogen and oxygen atoms in total. The normalized spacial score (nSPS) is 11.0. The molecule has 5 heteroatoms. The van der Waals surface area contributed by atoms with Gasteiger partial charge in [0.25, 0.3) is 0 Å². The van der Waals surface area contributed by atoms with E-state index >= 15 is 0 Å². The molecule has 0 aliphatic carbocycles. The van der Waals surface area contributed by atoms with Gasteiger partial charge in [-0.3, -0.25) is 0 Å². The van der Waals surface area contributed by atoms with E-state index in [1.54, 1.807) is 6.07 Å². The zero-order chi connectivity index (χ0) is 18.2. The molecule has 0 saturated carbocycles. The minimum absolute atomic E-state index is 0.198. The van der Waals surface area contributed by atoms with Gasteiger partial charge in [-0.1, -0.05) is 75.2 Å². The number of hydrogen-bond acceptors (Lipinski definition) is 1. The summed E-state index contributed by atoms with van der Waals surface area (Å²) in [6.45, 7) is 2.21. The molecule has 0 amide bonds. The largest absolute Gasteiger partial charge is 0.476 e. The Hall–Kier alpha value is -1.81. The number of halogens is 2. The van der Waals surface area contributed by atoms with E-state index in [4.69, 9.17) is 16.7 Å². The van der Waals surface area contributed by atoms with E-state index < -0.39 is 17.5 Å². The Morgan fingerprint density at radius 1 is 1.12 bits per heavy atom. The number of unbranched alkanes of at least 4 members (excludes halogenated alkanes) is 6. The second-order valence-corrected chi connectivity index (χ2v) is 6.72. The maximum atomic E-state index is 14.3. The van der Waals surface area contributed by atoms with Crippen LogP contribution in [0.15, 0.2) is 24.4 Å². The maximum absolute atomic E-state index is 14.3. The summed E-state index contributed by atoms with van der Waals surface area (Å²) in [4.78, 5) is 13.4. The molecule has 1 aromatic carbocycles. The summed E-state index contributed by atoms with van der Waals surface area (Å²) in [5.41, 5.74) is 1.26. The van der Waals surface area contributed by atoms with Crippen LogP contribution in [-0.2, 0) is 6.42 Å². The summed E-state index contributed by atoms with van der Waals surface area (Å²) in [6.07, 6.45) is 10.8. The standard InChI is InChI=1S/C20H25ClFNO2/c1-2-3-4-5-6-7-8-10-14-11-9-12-15(17(14)21)16-13-23-19(18(16)22)20(24)25/h9,11-13,23H,2-8,10H2,1H3,(H,24,25). The minimum Gasteiger partial charge on any atom is -0.476 e. The zero-order valence-electron chi connectivity index (χ0n) is 14.6. The molecule has 0 aliphatic rings. The number of rotatable bonds is 10. The first kappa shape index (κ1) is 19.5. The van der Waals surface area contributed by atoms with Crippen molar-refractivity contribution in [2.75, 3.05) is 0 Å². The Morgan fingerprint density at radius 2 is 1.80 bits per heavy atom. The topological polar surface area (TPSA) is 53.1 Å². The molecule has 1 aromatic heterocycles. The van der Waals surface area contributed by atoms with Crippen LogP contribution < -0.4 is 0 Å². The average molecular weight is 366 g/mol. The number of aromatic amines is 1. The molecular formula is C20H25ClFNO2. The third kappa shape index (κ3) is 5.08. The molecule has 2 aromatic rings. The van der Waals surface area contributed by atoms with Gasteiger partial charge in [-0.05, 0) is 18.4 Å². The van der Waals surface area contributed by atoms with Gasteiger partial charge in [0.1, 0.15) is 0 Å². The van der Waals surface area contributed by atoms with Crippen molar-refractivity contribution < 1.29 is 14.3 Å². The number of aromatic carboxylic acids is 1. The van der Waals surface area contributed by atoms with Gasteiger partial charge in [0.05, 0.1) is 5.02 Å². The fraction of sp³-hybridized carbons (Fsp3) is 0.450. The van der Waals surface area contributed by atoms with Crippen LogP contribution in [0.25, 0.3) is 11.1 Å². The lowest BCUT2D eigenvalue weighted by atomic mass is 10.00. The number of nitrogens with one attached hydrogen (secondary N) is 1. The second-order valence-electron chi connectivity index (χ2n) is 6.35. The third-order valence-electron chi connectivity index (χ3n) is 4.45. The van der Waals surface area contributed by atoms with E-state index in [2.05, 4.69) is 11.9 Å². The van der Waals surface area contributed by atoms with Gasteiger partial charge in [0.15, 0.2) is 11.5 Å². The number of carbonyl (C=O) groups is 1. The Balaban J connectivity index is 2.01. The number of H-pyrrole nitrogens is 1. The predicted octanol–water partition coefficient (Wildman–Crippen LogP) is 6.47. The van der Waals surface area contributed by atoms with E-state index in [1.165, 1.54) is 38.3 Å². The fourth-order valence-corrected chi connectivity index (χ4v) is 3.33. The lowest BCUT2D eigenvalue weighted by molar-refractivity contribution is 0.0686. The predicted molar refractivity (Wildman–Crippen MR) is 99.9 cm³/mol. The summed E-state index contributed by atoms with van der Waals surface area (Å²) in [5.74, 6) is -2.10. The highest BCUT2D eigenvalue weighted by molar-refractivity contribution is 6.34. The molecule has 0 bridgehead atoms. The van der Waals surface area contributed by atoms with Crippen molar-refractivity contribution in [2.24, 2.45) is 0 Å². The molecule has 136 valence electrons. The van der Waals surface area contributed by atoms with E-state index in [-0.39, 0.29) is 5.56 Å². The van der Waals surface area contributed by atoms with Gasteiger partial charge >= 0.3 is 5.97 Å². The molecule has 1 heterocycles. The summed E-state index contributed by atoms with van der Waals surface area (Å²) in [5, 5.41) is 9.47. The van der Waals surface area contributed by atoms with Crippen molar-refractivity contribution in [1.29, 1.82) is 0 Å². The highest BCUT2D eigenvalue weighted by Crippen LogP contribution is 2.34. The van der Waals surface area contributed by atoms with Crippen molar-refractivity contribution in [3.05, 3.63) is 46.5 Å². The Bertz CT molecular complexity index is 712. The fourth-order valence-electron chi connectivity index (χ4n) is 3.01. The molecule has 0 spiro atoms. The number of carboxylic acids is 1. The van der Waals surface area contributed by atoms with Gasteiger partial charge in [0.2, 0.25) is 0 Å². The molecule has 0 atom stereocenters. The number of aryl methyl sites for hydroxylation is 1. The third-order valence-corrected chi connectivity index (χ3v) is 4.90. The van der Waals surface area contributed by atoms with Crippen LogP contribution in [0, 0.1) is 5.82 Å². The summed E-state index contributed by atoms with van der Waals surface area (Å²) < 4.78 is 14.3. The molecule has 0 fully saturated rings. The number of hydrogen-bond donors (Lipinski definition) is 2. The lowest BCUT2D eigenvalue weighted by Gasteiger charge is -2.09. The summed E-state index contributed by atoms with van der Waals surface area (Å²) in [7, 11) is 0. The Morgan fingerprint density at radius 3 is 2.44 bits per heavy atom. The summed E-state index contributed by atoms with van der Waals surface area (Å²) >= 11 is 6.46. The highest BCUT2D eigenvalue weighted by atomic mass is 35.5. The molecular weight excluding hydrogens is 341 g/mol. The van der Waals surface area contributed by atoms with Crippen molar-refractivity contribution >= 4 is 17.6 Å². The van der Waals surface area contributed by atoms with Gasteiger partial charge in [-0.2, -0.15) is 0 Å². The van der Waals surface area contributed by atoms with Crippen LogP contribution >= 0.6 is 11.6 Å². The molecule has 0 aliphatic heterocycles. The molecule has 25 heavy (non-hydrogen) atoms. The second kappa shape index (κ2) is 9.62. The molecule has 2 N–H and O–H groups in total. The zero-order valence-corrected chi connectivity index (χ0v) is 15.3. The van der Waals surface area contributed by atoms with Gasteiger partial charge in [-0.15, -0.1) is 0 Å². The monoisotopic (exact) mass is 365 g/mol. The first-order valence-corrected chi connectivity index (χ1v) is 9.32. The number of carboxylic acid groups (broad SMARTS) is 1. The smallest absolute Gasteiger partial charge is 0.355 e. The number of benzene rings is 1. The van der Waals surface area contributed by atoms with Crippen LogP contribution in [-0.4, -0.2) is 16.1 Å². The molecule has 2 rings (SSSR count). The SMILES string of the molecule is CCCCCCCCCc1cccc(-c2c[nH]c(C(=O)O)c2F)c1Cl. The van der Waals surface area contributed by atoms with Crippen molar-refractivity contribution in [3.8, 4) is 11.1 Å². The van der Waals surface area contributed by atoms with Crippen molar-refractivity contribution in [2.45, 2.75) is 58.3 Å². The first-order valence-electron chi connectivity index (χ1n) is 8.94. The van der Waals surface area contributed by atoms with Crippen molar-refractivity contribution in [3.63, 3.8) is 0 Å². The quantitative estimate of drug-likeness (QED) is 0.474. The minimum atomic E-state index is -1.32. The Kier molecular flexibility index (Phi) is 7.51. The van der Waals surface area contributed by atoms with Crippen LogP contribution in [0.1, 0.15) is 67.9 Å². The highest BCUT2D eigenvalue weighted by Gasteiger charge is 2.20. The van der Waals surface area contributed by atoms with Crippen LogP contribution in [0.3, 0.4) is 0 Å². The van der Waals surface area contributed by atoms with Crippen LogP contribution in [0.5, 0.6) is 0 Å². The van der Waals surface area contributed by atoms with Gasteiger partial charge in [0, 0.05) is 17.3 Å². The number of aromatic nitrogens is 1. The maximum Gasteiger partial charge on any atom is 0.355 e. The molecule has 0 radical (unpaired) electrons. The van der Waals surface area contributed by atoms with Crippen molar-refractivity contribution in [1.82, 2.24) is 4.98 Å². The molecule has 0 saturated heterocycles. The van der Waals surface area contributed by atoms with E-state index in [1.807, 2.05) is 12.1 Å². The average Bonchev–Trinajstić information content (AvgIpc) is 2.97. The summed E-state index contributed by atoms with van der Waals surface area (Å²) in [6, 6.07) is 5.50. The van der Waals surface area contributed by atoms with E-state index in [9.17, 15) is 9.18 Å². The first-order chi connectivity index (χ1) is 12.1. The Labute approximate surface area is 153 Å². The van der Waals surface area contributed by atoms with Crippen LogP contribution in [0.4, 0.5) is 4.39 Å².